The molecule has 0 saturated heterocycles. The third-order valence-electron chi connectivity index (χ3n) is 8.09. The van der Waals surface area contributed by atoms with E-state index in [0.29, 0.717) is 17.8 Å². The fourth-order valence-corrected chi connectivity index (χ4v) is 6.23. The van der Waals surface area contributed by atoms with E-state index >= 15 is 0 Å². The zero-order valence-corrected chi connectivity index (χ0v) is 32.2. The Bertz CT molecular complexity index is 1820. The molecule has 0 spiro atoms. The number of alkyl halides is 3. The molecule has 57 heavy (non-hydrogen) atoms. The Morgan fingerprint density at radius 1 is 0.912 bits per heavy atom. The molecule has 14 nitrogen and oxygen atoms in total. The number of hydrogen-bond donors (Lipinski definition) is 7. The van der Waals surface area contributed by atoms with Crippen molar-refractivity contribution in [3.05, 3.63) is 83.7 Å². The van der Waals surface area contributed by atoms with Gasteiger partial charge in [-0.25, -0.2) is 13.6 Å². The van der Waals surface area contributed by atoms with Crippen LogP contribution in [0.5, 0.6) is 0 Å². The molecule has 0 aliphatic carbocycles. The number of aromatic nitrogens is 1. The van der Waals surface area contributed by atoms with Gasteiger partial charge in [-0.05, 0) is 41.7 Å². The third-order valence-corrected chi connectivity index (χ3v) is 9.15. The van der Waals surface area contributed by atoms with Crippen LogP contribution in [0.15, 0.2) is 60.8 Å². The molecule has 9 N–H and O–H groups in total. The molecule has 3 amide bonds. The molecule has 0 saturated carbocycles. The molecule has 1 aromatic heterocycles. The lowest BCUT2D eigenvalue weighted by atomic mass is 9.82. The highest BCUT2D eigenvalue weighted by atomic mass is 32.2. The minimum atomic E-state index is -5.08. The van der Waals surface area contributed by atoms with Gasteiger partial charge in [0.15, 0.2) is 0 Å². The van der Waals surface area contributed by atoms with Crippen LogP contribution in [0.3, 0.4) is 0 Å². The van der Waals surface area contributed by atoms with Crippen molar-refractivity contribution < 1.29 is 61.2 Å². The first-order valence-electron chi connectivity index (χ1n) is 17.3. The Labute approximate surface area is 329 Å². The van der Waals surface area contributed by atoms with Crippen molar-refractivity contribution in [2.75, 3.05) is 37.7 Å². The van der Waals surface area contributed by atoms with Gasteiger partial charge in [0.1, 0.15) is 24.3 Å². The summed E-state index contributed by atoms with van der Waals surface area (Å²) in [5.74, 6) is -6.51. The Kier molecular flexibility index (Phi) is 18.6. The summed E-state index contributed by atoms with van der Waals surface area (Å²) in [5, 5.41) is 31.2. The lowest BCUT2D eigenvalue weighted by molar-refractivity contribution is -0.192. The summed E-state index contributed by atoms with van der Waals surface area (Å²) in [7, 11) is 0. The number of halogens is 5. The second-order valence-corrected chi connectivity index (χ2v) is 14.7. The van der Waals surface area contributed by atoms with Crippen LogP contribution in [-0.4, -0.2) is 110 Å². The highest BCUT2D eigenvalue weighted by molar-refractivity contribution is 8.00. The average molecular weight is 831 g/mol. The molecule has 3 atom stereocenters. The quantitative estimate of drug-likeness (QED) is 0.0728. The SMILES string of the molecule is CC(C)(C)[C@H](c1cc(-c2cc(F)ccc2F)cn1Cc1ccccc1)N(CC[C@H](N)C(=O)NCCNC(=O)CSC[C@H](N)C(=O)O)C(=O)CO.O=C(O)C(F)(F)F. The summed E-state index contributed by atoms with van der Waals surface area (Å²) >= 11 is 1.08. The number of nitrogens with two attached hydrogens (primary N) is 2. The Hall–Kier alpha value is -5.05. The van der Waals surface area contributed by atoms with Crippen LogP contribution in [0.4, 0.5) is 22.0 Å². The molecular formula is C37H47F5N6O8S. The zero-order valence-electron chi connectivity index (χ0n) is 31.4. The van der Waals surface area contributed by atoms with Gasteiger partial charge in [-0.3, -0.25) is 19.2 Å². The minimum Gasteiger partial charge on any atom is -0.480 e. The number of carboxylic acid groups (broad SMARTS) is 2. The van der Waals surface area contributed by atoms with E-state index in [9.17, 15) is 46.2 Å². The van der Waals surface area contributed by atoms with Gasteiger partial charge in [-0.1, -0.05) is 51.1 Å². The second-order valence-electron chi connectivity index (χ2n) is 13.7. The number of hydrogen-bond acceptors (Lipinski definition) is 9. The van der Waals surface area contributed by atoms with Crippen LogP contribution in [0.2, 0.25) is 0 Å². The predicted molar refractivity (Wildman–Crippen MR) is 202 cm³/mol. The normalized spacial score (nSPS) is 13.0. The maximum Gasteiger partial charge on any atom is 0.490 e. The number of aliphatic hydroxyl groups is 1. The van der Waals surface area contributed by atoms with Gasteiger partial charge in [0.25, 0.3) is 0 Å². The summed E-state index contributed by atoms with van der Waals surface area (Å²) in [5.41, 5.74) is 13.0. The maximum absolute atomic E-state index is 15.0. The molecule has 1 heterocycles. The summed E-state index contributed by atoms with van der Waals surface area (Å²) in [6.07, 6.45) is -3.34. The smallest absolute Gasteiger partial charge is 0.480 e. The van der Waals surface area contributed by atoms with Crippen LogP contribution < -0.4 is 22.1 Å². The first-order valence-corrected chi connectivity index (χ1v) is 18.5. The molecule has 0 aliphatic heterocycles. The van der Waals surface area contributed by atoms with Crippen molar-refractivity contribution in [1.82, 2.24) is 20.1 Å². The topological polar surface area (TPSA) is 230 Å². The van der Waals surface area contributed by atoms with Gasteiger partial charge in [0, 0.05) is 54.9 Å². The van der Waals surface area contributed by atoms with Crippen LogP contribution >= 0.6 is 11.8 Å². The van der Waals surface area contributed by atoms with Crippen molar-refractivity contribution in [3.8, 4) is 11.1 Å². The van der Waals surface area contributed by atoms with Gasteiger partial charge in [0.2, 0.25) is 17.7 Å². The number of nitrogens with zero attached hydrogens (tertiary/aromatic N) is 2. The standard InChI is InChI=1S/C35H46F2N6O6S.C2HF3O2/c1-35(2,3)32(29-15-23(25-16-24(36)9-10-26(25)37)18-42(29)17-22-7-5-4-6-8-22)43(31(46)19-44)14-11-27(38)33(47)41-13-12-40-30(45)21-50-20-28(39)34(48)49;3-2(4,5)1(6)7/h4-10,15-16,18,27-28,32,44H,11-14,17,19-21,38-39H2,1-3H3,(H,40,45)(H,41,47)(H,48,49);(H,6,7)/t27-,28-,32-;/m0./s1. The van der Waals surface area contributed by atoms with Crippen LogP contribution in [0.25, 0.3) is 11.1 Å². The van der Waals surface area contributed by atoms with E-state index in [1.807, 2.05) is 55.7 Å². The van der Waals surface area contributed by atoms with E-state index in [1.54, 1.807) is 12.3 Å². The van der Waals surface area contributed by atoms with Gasteiger partial charge in [-0.15, -0.1) is 11.8 Å². The van der Waals surface area contributed by atoms with Crippen molar-refractivity contribution in [2.24, 2.45) is 16.9 Å². The Morgan fingerprint density at radius 3 is 2.09 bits per heavy atom. The van der Waals surface area contributed by atoms with Gasteiger partial charge >= 0.3 is 18.1 Å². The third kappa shape index (κ3) is 15.8. The molecule has 314 valence electrons. The summed E-state index contributed by atoms with van der Waals surface area (Å²) in [6, 6.07) is 11.6. The predicted octanol–water partition coefficient (Wildman–Crippen LogP) is 3.12. The number of carbonyl (C=O) groups is 5. The first kappa shape index (κ1) is 48.1. The summed E-state index contributed by atoms with van der Waals surface area (Å²) in [4.78, 5) is 59.3. The number of carboxylic acids is 2. The van der Waals surface area contributed by atoms with Crippen molar-refractivity contribution in [1.29, 1.82) is 0 Å². The number of rotatable bonds is 18. The molecule has 20 heteroatoms. The van der Waals surface area contributed by atoms with Crippen LogP contribution in [0, 0.1) is 17.0 Å². The molecule has 3 rings (SSSR count). The van der Waals surface area contributed by atoms with Gasteiger partial charge in [-0.2, -0.15) is 13.2 Å². The van der Waals surface area contributed by atoms with E-state index in [-0.39, 0.29) is 49.0 Å². The molecular weight excluding hydrogens is 783 g/mol. The van der Waals surface area contributed by atoms with Crippen molar-refractivity contribution in [3.63, 3.8) is 0 Å². The molecule has 3 aromatic rings. The van der Waals surface area contributed by atoms with E-state index in [0.717, 1.165) is 35.5 Å². The van der Waals surface area contributed by atoms with Crippen LogP contribution in [0.1, 0.15) is 44.5 Å². The molecule has 2 aromatic carbocycles. The van der Waals surface area contributed by atoms with E-state index in [4.69, 9.17) is 26.5 Å². The van der Waals surface area contributed by atoms with Gasteiger partial charge in [0.05, 0.1) is 17.8 Å². The Morgan fingerprint density at radius 2 is 1.53 bits per heavy atom. The first-order chi connectivity index (χ1) is 26.6. The lowest BCUT2D eigenvalue weighted by Crippen LogP contribution is -2.48. The molecule has 0 fully saturated rings. The fourth-order valence-electron chi connectivity index (χ4n) is 5.43. The minimum absolute atomic E-state index is 0.00546. The zero-order chi connectivity index (χ0) is 43.1. The number of aliphatic hydroxyl groups excluding tert-OH is 1. The van der Waals surface area contributed by atoms with Crippen molar-refractivity contribution in [2.45, 2.75) is 58.0 Å². The number of amides is 3. The van der Waals surface area contributed by atoms with E-state index in [1.165, 1.54) is 4.90 Å². The molecule has 0 bridgehead atoms. The highest BCUT2D eigenvalue weighted by Gasteiger charge is 2.39. The fraction of sp³-hybridized carbons (Fsp3) is 0.432. The van der Waals surface area contributed by atoms with E-state index in [2.05, 4.69) is 10.6 Å². The Balaban J connectivity index is 0.00000146. The van der Waals surface area contributed by atoms with Crippen LogP contribution in [-0.2, 0) is 30.5 Å². The largest absolute Gasteiger partial charge is 0.490 e. The van der Waals surface area contributed by atoms with E-state index < -0.39 is 71.7 Å². The number of benzene rings is 2. The average Bonchev–Trinajstić information content (AvgIpc) is 3.53. The number of thioether (sulfide) groups is 1. The number of carbonyl (C=O) groups excluding carboxylic acids is 3. The maximum atomic E-state index is 15.0. The van der Waals surface area contributed by atoms with Gasteiger partial charge < -0.3 is 46.9 Å². The van der Waals surface area contributed by atoms with Crippen molar-refractivity contribution >= 4 is 41.4 Å². The summed E-state index contributed by atoms with van der Waals surface area (Å²) < 4.78 is 62.8. The highest BCUT2D eigenvalue weighted by Crippen LogP contribution is 2.41. The second kappa shape index (κ2) is 22.0. The molecule has 0 unspecified atom stereocenters. The monoisotopic (exact) mass is 830 g/mol. The number of aliphatic carboxylic acids is 2. The lowest BCUT2D eigenvalue weighted by Gasteiger charge is -2.41. The molecule has 0 radical (unpaired) electrons. The summed E-state index contributed by atoms with van der Waals surface area (Å²) in [6.45, 7) is 5.47. The molecule has 0 aliphatic rings. The number of nitrogens with one attached hydrogen (secondary N) is 2.